The molecule has 1 saturated carbocycles. The fourth-order valence-corrected chi connectivity index (χ4v) is 5.46. The molecule has 0 spiro atoms. The van der Waals surface area contributed by atoms with Crippen LogP contribution in [0.25, 0.3) is 0 Å². The molecular formula is C26H32N3O2+. The van der Waals surface area contributed by atoms with Crippen molar-refractivity contribution in [3.05, 3.63) is 90.0 Å². The molecule has 0 saturated heterocycles. The number of carbonyl (C=O) groups is 1. The monoisotopic (exact) mass is 418 g/mol. The van der Waals surface area contributed by atoms with Crippen LogP contribution in [0.15, 0.2) is 73.1 Å². The van der Waals surface area contributed by atoms with Crippen LogP contribution in [0.4, 0.5) is 0 Å². The Kier molecular flexibility index (Phi) is 6.23. The first-order valence-electron chi connectivity index (χ1n) is 11.1. The molecule has 1 heterocycles. The van der Waals surface area contributed by atoms with Crippen molar-refractivity contribution in [2.24, 2.45) is 11.7 Å². The normalized spacial score (nSPS) is 18.9. The number of nitrogens with zero attached hydrogens (tertiary/aromatic N) is 2. The van der Waals surface area contributed by atoms with Gasteiger partial charge in [-0.3, -0.25) is 4.79 Å². The summed E-state index contributed by atoms with van der Waals surface area (Å²) in [7, 11) is 1.73. The number of ether oxygens (including phenoxy) is 1. The van der Waals surface area contributed by atoms with Crippen molar-refractivity contribution < 1.29 is 14.1 Å². The molecule has 1 aliphatic rings. The lowest BCUT2D eigenvalue weighted by molar-refractivity contribution is -0.703. The molecule has 4 rings (SSSR count). The zero-order valence-corrected chi connectivity index (χ0v) is 18.4. The van der Waals surface area contributed by atoms with Crippen molar-refractivity contribution in [1.82, 2.24) is 4.57 Å². The van der Waals surface area contributed by atoms with E-state index < -0.39 is 5.41 Å². The Labute approximate surface area is 184 Å². The smallest absolute Gasteiger partial charge is 0.253 e. The van der Waals surface area contributed by atoms with Crippen molar-refractivity contribution in [3.8, 4) is 0 Å². The number of methoxy groups -OCH3 is 1. The van der Waals surface area contributed by atoms with E-state index in [-0.39, 0.29) is 11.8 Å². The van der Waals surface area contributed by atoms with Crippen LogP contribution in [0, 0.1) is 12.8 Å². The molecule has 1 aliphatic carbocycles. The Hall–Kier alpha value is -2.92. The van der Waals surface area contributed by atoms with Gasteiger partial charge < -0.3 is 10.5 Å². The molecule has 0 aliphatic heterocycles. The number of primary amides is 1. The maximum Gasteiger partial charge on any atom is 0.253 e. The average molecular weight is 419 g/mol. The minimum Gasteiger partial charge on any atom is -0.381 e. The van der Waals surface area contributed by atoms with Crippen LogP contribution in [0.3, 0.4) is 0 Å². The Morgan fingerprint density at radius 2 is 1.71 bits per heavy atom. The zero-order chi connectivity index (χ0) is 21.8. The fourth-order valence-electron chi connectivity index (χ4n) is 5.46. The van der Waals surface area contributed by atoms with Crippen molar-refractivity contribution in [2.45, 2.75) is 44.2 Å². The summed E-state index contributed by atoms with van der Waals surface area (Å²) in [6, 6.07) is 20.5. The molecule has 1 amide bonds. The third kappa shape index (κ3) is 3.79. The highest BCUT2D eigenvalue weighted by molar-refractivity contribution is 5.91. The molecule has 0 bridgehead atoms. The topological polar surface area (TPSA) is 61.1 Å². The van der Waals surface area contributed by atoms with Crippen molar-refractivity contribution in [3.63, 3.8) is 0 Å². The SMILES string of the molecule is COCC[n+]1ccn([C@@H]2CC[C@@H](C(C(N)=O)(c3ccccc3)c3ccccc3)C2)c1C. The van der Waals surface area contributed by atoms with Crippen LogP contribution < -0.4 is 10.3 Å². The first-order valence-corrected chi connectivity index (χ1v) is 11.1. The van der Waals surface area contributed by atoms with Crippen LogP contribution in [0.2, 0.25) is 0 Å². The Bertz CT molecular complexity index is 974. The third-order valence-electron chi connectivity index (χ3n) is 6.99. The van der Waals surface area contributed by atoms with Crippen LogP contribution in [0.1, 0.15) is 42.3 Å². The largest absolute Gasteiger partial charge is 0.381 e. The quantitative estimate of drug-likeness (QED) is 0.569. The highest BCUT2D eigenvalue weighted by Gasteiger charge is 2.51. The first-order chi connectivity index (χ1) is 15.1. The molecule has 162 valence electrons. The number of aromatic nitrogens is 2. The van der Waals surface area contributed by atoms with Gasteiger partial charge in [0.05, 0.1) is 6.61 Å². The van der Waals surface area contributed by atoms with Crippen molar-refractivity contribution in [1.29, 1.82) is 0 Å². The van der Waals surface area contributed by atoms with Crippen LogP contribution in [0.5, 0.6) is 0 Å². The fraction of sp³-hybridized carbons (Fsp3) is 0.385. The van der Waals surface area contributed by atoms with Gasteiger partial charge in [0.15, 0.2) is 0 Å². The molecule has 5 nitrogen and oxygen atoms in total. The third-order valence-corrected chi connectivity index (χ3v) is 6.99. The van der Waals surface area contributed by atoms with Crippen molar-refractivity contribution >= 4 is 5.91 Å². The molecule has 3 aromatic rings. The maximum absolute atomic E-state index is 13.2. The number of carbonyl (C=O) groups excluding carboxylic acids is 1. The highest BCUT2D eigenvalue weighted by Crippen LogP contribution is 2.49. The molecule has 1 aromatic heterocycles. The second-order valence-corrected chi connectivity index (χ2v) is 8.51. The summed E-state index contributed by atoms with van der Waals surface area (Å²) in [6.45, 7) is 3.68. The standard InChI is InChI=1S/C26H31N3O2/c1-20-28(17-18-31-2)15-16-29(20)24-14-13-23(19-24)26(25(27)30,21-9-5-3-6-10-21)22-11-7-4-8-12-22/h3-12,15-16,23-24H,13-14,17-19H2,1-2H3,(H-,27,30)/p+1/t23-,24-/m1/s1. The summed E-state index contributed by atoms with van der Waals surface area (Å²) < 4.78 is 9.83. The molecular weight excluding hydrogens is 386 g/mol. The molecule has 31 heavy (non-hydrogen) atoms. The minimum atomic E-state index is -0.829. The summed E-state index contributed by atoms with van der Waals surface area (Å²) in [6.07, 6.45) is 7.17. The van der Waals surface area contributed by atoms with Gasteiger partial charge in [-0.15, -0.1) is 0 Å². The Morgan fingerprint density at radius 3 is 2.26 bits per heavy atom. The van der Waals surface area contributed by atoms with Gasteiger partial charge in [-0.1, -0.05) is 60.7 Å². The van der Waals surface area contributed by atoms with Gasteiger partial charge in [0.1, 0.15) is 30.4 Å². The van der Waals surface area contributed by atoms with E-state index in [1.165, 1.54) is 5.82 Å². The van der Waals surface area contributed by atoms with Crippen molar-refractivity contribution in [2.75, 3.05) is 13.7 Å². The maximum atomic E-state index is 13.2. The highest BCUT2D eigenvalue weighted by atomic mass is 16.5. The van der Waals surface area contributed by atoms with Gasteiger partial charge >= 0.3 is 0 Å². The van der Waals surface area contributed by atoms with Gasteiger partial charge in [-0.05, 0) is 36.3 Å². The number of nitrogens with two attached hydrogens (primary N) is 1. The molecule has 1 fully saturated rings. The van der Waals surface area contributed by atoms with E-state index in [0.29, 0.717) is 12.6 Å². The van der Waals surface area contributed by atoms with Gasteiger partial charge in [-0.25, -0.2) is 9.13 Å². The number of benzene rings is 2. The predicted molar refractivity (Wildman–Crippen MR) is 120 cm³/mol. The van der Waals surface area contributed by atoms with E-state index in [1.807, 2.05) is 60.7 Å². The zero-order valence-electron chi connectivity index (χ0n) is 18.4. The van der Waals surface area contributed by atoms with Gasteiger partial charge in [0, 0.05) is 14.0 Å². The second kappa shape index (κ2) is 9.06. The van der Waals surface area contributed by atoms with E-state index in [0.717, 1.165) is 36.9 Å². The van der Waals surface area contributed by atoms with E-state index in [2.05, 4.69) is 28.5 Å². The molecule has 2 N–H and O–H groups in total. The van der Waals surface area contributed by atoms with Gasteiger partial charge in [0.2, 0.25) is 5.91 Å². The van der Waals surface area contributed by atoms with Crippen LogP contribution in [-0.2, 0) is 21.5 Å². The van der Waals surface area contributed by atoms with Gasteiger partial charge in [-0.2, -0.15) is 0 Å². The number of rotatable bonds is 8. The molecule has 2 atom stereocenters. The summed E-state index contributed by atoms with van der Waals surface area (Å²) >= 11 is 0. The average Bonchev–Trinajstić information content (AvgIpc) is 3.41. The van der Waals surface area contributed by atoms with E-state index in [9.17, 15) is 4.79 Å². The van der Waals surface area contributed by atoms with E-state index >= 15 is 0 Å². The number of hydrogen-bond acceptors (Lipinski definition) is 2. The number of amides is 1. The molecule has 2 aromatic carbocycles. The summed E-state index contributed by atoms with van der Waals surface area (Å²) in [5, 5.41) is 0. The van der Waals surface area contributed by atoms with E-state index in [4.69, 9.17) is 10.5 Å². The molecule has 5 heteroatoms. The van der Waals surface area contributed by atoms with Crippen LogP contribution >= 0.6 is 0 Å². The Balaban J connectivity index is 1.72. The minimum absolute atomic E-state index is 0.133. The first kappa shape index (κ1) is 21.3. The summed E-state index contributed by atoms with van der Waals surface area (Å²) in [5.41, 5.74) is 7.37. The number of hydrogen-bond donors (Lipinski definition) is 1. The summed E-state index contributed by atoms with van der Waals surface area (Å²) in [4.78, 5) is 13.2. The summed E-state index contributed by atoms with van der Waals surface area (Å²) in [5.74, 6) is 1.08. The van der Waals surface area contributed by atoms with Gasteiger partial charge in [0.25, 0.3) is 5.82 Å². The van der Waals surface area contributed by atoms with Crippen LogP contribution in [-0.4, -0.2) is 24.2 Å². The van der Waals surface area contributed by atoms with E-state index in [1.54, 1.807) is 7.11 Å². The lowest BCUT2D eigenvalue weighted by Gasteiger charge is -2.37. The Morgan fingerprint density at radius 1 is 1.10 bits per heavy atom. The molecule has 0 radical (unpaired) electrons. The molecule has 0 unspecified atom stereocenters. The lowest BCUT2D eigenvalue weighted by Crippen LogP contribution is -2.47. The second-order valence-electron chi connectivity index (χ2n) is 8.51. The predicted octanol–water partition coefficient (Wildman–Crippen LogP) is 3.54. The number of imidazole rings is 1. The lowest BCUT2D eigenvalue weighted by atomic mass is 9.64.